The zero-order valence-electron chi connectivity index (χ0n) is 19.9. The first-order chi connectivity index (χ1) is 18.0. The smallest absolute Gasteiger partial charge is 0.274 e. The second kappa shape index (κ2) is 9.33. The fourth-order valence-corrected chi connectivity index (χ4v) is 5.19. The number of hydrogen-bond donors (Lipinski definition) is 1. The highest BCUT2D eigenvalue weighted by molar-refractivity contribution is 9.10. The minimum Gasteiger partial charge on any atom is -0.467 e. The lowest BCUT2D eigenvalue weighted by Crippen LogP contribution is -2.26. The van der Waals surface area contributed by atoms with Gasteiger partial charge in [-0.1, -0.05) is 64.0 Å². The fraction of sp³-hybridized carbons (Fsp3) is 0.100. The molecule has 37 heavy (non-hydrogen) atoms. The maximum atomic E-state index is 13.6. The summed E-state index contributed by atoms with van der Waals surface area (Å²) in [5.74, 6) is 0.359. The quantitative estimate of drug-likeness (QED) is 0.265. The van der Waals surface area contributed by atoms with Gasteiger partial charge in [0.15, 0.2) is 0 Å². The summed E-state index contributed by atoms with van der Waals surface area (Å²) in [6.07, 6.45) is 1.92. The van der Waals surface area contributed by atoms with Crippen molar-refractivity contribution >= 4 is 38.5 Å². The average Bonchev–Trinajstić information content (AvgIpc) is 3.59. The van der Waals surface area contributed by atoms with Crippen molar-refractivity contribution in [3.05, 3.63) is 128 Å². The van der Waals surface area contributed by atoms with E-state index < -0.39 is 6.04 Å². The molecule has 1 N–H and O–H groups in total. The van der Waals surface area contributed by atoms with Crippen molar-refractivity contribution in [3.8, 4) is 11.1 Å². The number of hydrazone groups is 1. The number of nitrogens with zero attached hydrogens (tertiary/aromatic N) is 2. The van der Waals surface area contributed by atoms with E-state index in [0.29, 0.717) is 29.0 Å². The van der Waals surface area contributed by atoms with Gasteiger partial charge in [-0.3, -0.25) is 9.59 Å². The highest BCUT2D eigenvalue weighted by Gasteiger charge is 2.37. The van der Waals surface area contributed by atoms with E-state index >= 15 is 0 Å². The summed E-state index contributed by atoms with van der Waals surface area (Å²) in [7, 11) is 0. The number of benzene rings is 3. The number of halogens is 1. The summed E-state index contributed by atoms with van der Waals surface area (Å²) in [4.78, 5) is 30.2. The molecule has 7 heteroatoms. The van der Waals surface area contributed by atoms with E-state index in [-0.39, 0.29) is 11.5 Å². The van der Waals surface area contributed by atoms with Crippen LogP contribution in [0.3, 0.4) is 0 Å². The second-order valence-electron chi connectivity index (χ2n) is 9.06. The molecule has 0 radical (unpaired) electrons. The van der Waals surface area contributed by atoms with Gasteiger partial charge < -0.3 is 9.40 Å². The van der Waals surface area contributed by atoms with Crippen LogP contribution in [-0.2, 0) is 0 Å². The van der Waals surface area contributed by atoms with Gasteiger partial charge in [0.05, 0.1) is 17.5 Å². The molecule has 0 unspecified atom stereocenters. The molecule has 0 bridgehead atoms. The van der Waals surface area contributed by atoms with Gasteiger partial charge in [0.2, 0.25) is 0 Å². The minimum absolute atomic E-state index is 0.252. The number of fused-ring (bicyclic) bond motifs is 1. The van der Waals surface area contributed by atoms with Gasteiger partial charge in [0.25, 0.3) is 11.5 Å². The average molecular weight is 552 g/mol. The number of rotatable bonds is 4. The predicted molar refractivity (Wildman–Crippen MR) is 148 cm³/mol. The second-order valence-corrected chi connectivity index (χ2v) is 9.97. The summed E-state index contributed by atoms with van der Waals surface area (Å²) >= 11 is 3.57. The Balaban J connectivity index is 1.56. The van der Waals surface area contributed by atoms with Gasteiger partial charge in [0.1, 0.15) is 11.8 Å². The summed E-state index contributed by atoms with van der Waals surface area (Å²) in [6.45, 7) is 1.97. The monoisotopic (exact) mass is 551 g/mol. The number of amides is 1. The molecule has 3 aromatic carbocycles. The minimum atomic E-state index is -0.472. The van der Waals surface area contributed by atoms with Crippen LogP contribution in [0.4, 0.5) is 0 Å². The first kappa shape index (κ1) is 23.2. The lowest BCUT2D eigenvalue weighted by molar-refractivity contribution is 0.0693. The number of nitrogens with one attached hydrogen (secondary N) is 1. The Bertz CT molecular complexity index is 1710. The van der Waals surface area contributed by atoms with Crippen LogP contribution in [0.2, 0.25) is 0 Å². The van der Waals surface area contributed by atoms with Crippen LogP contribution in [0.1, 0.15) is 39.7 Å². The number of carbonyl (C=O) groups is 1. The zero-order valence-corrected chi connectivity index (χ0v) is 21.5. The highest BCUT2D eigenvalue weighted by Crippen LogP contribution is 2.38. The van der Waals surface area contributed by atoms with Crippen LogP contribution in [-0.4, -0.2) is 21.6 Å². The van der Waals surface area contributed by atoms with Gasteiger partial charge in [-0.2, -0.15) is 5.10 Å². The Morgan fingerprint density at radius 1 is 1.00 bits per heavy atom. The van der Waals surface area contributed by atoms with E-state index in [1.807, 2.05) is 73.7 Å². The van der Waals surface area contributed by atoms with Crippen LogP contribution in [0.25, 0.3) is 22.0 Å². The maximum absolute atomic E-state index is 13.6. The number of hydrogen-bond acceptors (Lipinski definition) is 4. The molecule has 6 rings (SSSR count). The number of H-pyrrole nitrogens is 1. The summed E-state index contributed by atoms with van der Waals surface area (Å²) < 4.78 is 6.61. The number of carbonyl (C=O) groups excluding carboxylic acids is 1. The zero-order chi connectivity index (χ0) is 25.5. The van der Waals surface area contributed by atoms with Crippen molar-refractivity contribution in [2.75, 3.05) is 0 Å². The molecule has 3 heterocycles. The van der Waals surface area contributed by atoms with E-state index in [2.05, 4.69) is 20.9 Å². The Morgan fingerprint density at radius 3 is 2.51 bits per heavy atom. The maximum Gasteiger partial charge on any atom is 0.274 e. The molecule has 2 aromatic heterocycles. The van der Waals surface area contributed by atoms with Crippen LogP contribution in [0.15, 0.2) is 110 Å². The molecular weight excluding hydrogens is 530 g/mol. The summed E-state index contributed by atoms with van der Waals surface area (Å²) in [5, 5.41) is 7.11. The molecule has 5 aromatic rings. The topological polar surface area (TPSA) is 78.7 Å². The third-order valence-electron chi connectivity index (χ3n) is 6.62. The summed E-state index contributed by atoms with van der Waals surface area (Å²) in [6, 6.07) is 26.1. The van der Waals surface area contributed by atoms with Crippen molar-refractivity contribution in [1.82, 2.24) is 9.99 Å². The molecule has 6 nitrogen and oxygen atoms in total. The number of aromatic nitrogens is 1. The highest BCUT2D eigenvalue weighted by atomic mass is 79.9. The molecule has 0 fully saturated rings. The number of furan rings is 1. The van der Waals surface area contributed by atoms with E-state index in [4.69, 9.17) is 9.52 Å². The molecule has 0 spiro atoms. The van der Waals surface area contributed by atoms with E-state index in [1.165, 1.54) is 5.01 Å². The number of pyridine rings is 1. The Kier molecular flexibility index (Phi) is 5.85. The molecule has 0 saturated carbocycles. The van der Waals surface area contributed by atoms with Crippen molar-refractivity contribution in [1.29, 1.82) is 0 Å². The van der Waals surface area contributed by atoms with E-state index in [1.54, 1.807) is 24.5 Å². The number of aryl methyl sites for hydroxylation is 1. The molecule has 1 amide bonds. The molecule has 1 aliphatic heterocycles. The molecular formula is C30H22BrN3O3. The van der Waals surface area contributed by atoms with Crippen molar-refractivity contribution < 1.29 is 9.21 Å². The largest absolute Gasteiger partial charge is 0.467 e. The first-order valence-electron chi connectivity index (χ1n) is 11.9. The fourth-order valence-electron chi connectivity index (χ4n) is 4.82. The molecule has 0 saturated heterocycles. The van der Waals surface area contributed by atoms with Crippen LogP contribution in [0.5, 0.6) is 0 Å². The SMILES string of the molecule is Cc1ccc(C(=O)N2N=C(c3c(-c4ccccc4)c4cc(Br)ccc4[nH]c3=O)C[C@H]2c2ccco2)cc1. The standard InChI is InChI=1S/C30H22BrN3O3/c1-18-9-11-20(12-10-18)30(36)34-25(26-8-5-15-37-26)17-24(33-34)28-27(19-6-3-2-4-7-19)22-16-21(31)13-14-23(22)32-29(28)35/h2-16,25H,17H2,1H3,(H,32,35)/t25-/m0/s1. The van der Waals surface area contributed by atoms with Crippen molar-refractivity contribution in [2.24, 2.45) is 5.10 Å². The van der Waals surface area contributed by atoms with E-state index in [0.717, 1.165) is 32.1 Å². The van der Waals surface area contributed by atoms with Gasteiger partial charge >= 0.3 is 0 Å². The summed E-state index contributed by atoms with van der Waals surface area (Å²) in [5.41, 5.74) is 4.71. The van der Waals surface area contributed by atoms with Crippen LogP contribution in [0, 0.1) is 6.92 Å². The van der Waals surface area contributed by atoms with E-state index in [9.17, 15) is 9.59 Å². The number of aromatic amines is 1. The van der Waals surface area contributed by atoms with Gasteiger partial charge in [-0.25, -0.2) is 5.01 Å². The third-order valence-corrected chi connectivity index (χ3v) is 7.11. The van der Waals surface area contributed by atoms with Gasteiger partial charge in [-0.05, 0) is 55.0 Å². The van der Waals surface area contributed by atoms with Crippen LogP contribution >= 0.6 is 15.9 Å². The molecule has 1 atom stereocenters. The van der Waals surface area contributed by atoms with Crippen molar-refractivity contribution in [3.63, 3.8) is 0 Å². The van der Waals surface area contributed by atoms with Crippen LogP contribution < -0.4 is 5.56 Å². The third kappa shape index (κ3) is 4.21. The Hall–Kier alpha value is -4.23. The van der Waals surface area contributed by atoms with Crippen molar-refractivity contribution in [2.45, 2.75) is 19.4 Å². The first-order valence-corrected chi connectivity index (χ1v) is 12.7. The van der Waals surface area contributed by atoms with Gasteiger partial charge in [0, 0.05) is 32.9 Å². The molecule has 182 valence electrons. The lowest BCUT2D eigenvalue weighted by Gasteiger charge is -2.20. The predicted octanol–water partition coefficient (Wildman–Crippen LogP) is 6.85. The van der Waals surface area contributed by atoms with Gasteiger partial charge in [-0.15, -0.1) is 0 Å². The molecule has 1 aliphatic rings. The normalized spacial score (nSPS) is 15.2. The lowest BCUT2D eigenvalue weighted by atomic mass is 9.92. The Labute approximate surface area is 221 Å². The Morgan fingerprint density at radius 2 is 1.78 bits per heavy atom. The molecule has 0 aliphatic carbocycles.